The molecule has 2 aliphatic heterocycles. The summed E-state index contributed by atoms with van der Waals surface area (Å²) in [6, 6.07) is 12.3. The van der Waals surface area contributed by atoms with E-state index < -0.39 is 0 Å². The maximum atomic E-state index is 12.4. The van der Waals surface area contributed by atoms with Gasteiger partial charge in [0.1, 0.15) is 0 Å². The van der Waals surface area contributed by atoms with E-state index in [1.165, 1.54) is 57.8 Å². The highest BCUT2D eigenvalue weighted by Gasteiger charge is 2.46. The van der Waals surface area contributed by atoms with E-state index >= 15 is 0 Å². The third-order valence-corrected chi connectivity index (χ3v) is 8.30. The second-order valence-corrected chi connectivity index (χ2v) is 10.1. The topological polar surface area (TPSA) is 23.6 Å². The number of hydrogen-bond donors (Lipinski definition) is 0. The Morgan fingerprint density at radius 2 is 1.43 bits per heavy atom. The van der Waals surface area contributed by atoms with Crippen LogP contribution in [0.5, 0.6) is 0 Å². The molecule has 0 spiro atoms. The standard InChI is InChI=1S/C24H33ClN2O/c25-24(28)27(19-8-2-1-3-9-19)23-15-20-10-5-11-21(16-23)26(20)22-13-17-6-4-7-18(12-17)14-22/h1-3,8-9,17-18,20-23H,4-7,10-16H2/t17-,18+,20-,21+,22?,23?. The Kier molecular flexibility index (Phi) is 5.40. The number of nitrogens with zero attached hydrogens (tertiary/aromatic N) is 2. The highest BCUT2D eigenvalue weighted by molar-refractivity contribution is 6.66. The zero-order valence-electron chi connectivity index (χ0n) is 16.8. The second kappa shape index (κ2) is 7.99. The lowest BCUT2D eigenvalue weighted by Crippen LogP contribution is -2.61. The first-order chi connectivity index (χ1) is 13.7. The number of benzene rings is 1. The van der Waals surface area contributed by atoms with Crippen molar-refractivity contribution in [1.82, 2.24) is 4.90 Å². The van der Waals surface area contributed by atoms with Crippen LogP contribution in [0.1, 0.15) is 70.6 Å². The molecule has 4 heteroatoms. The van der Waals surface area contributed by atoms with Crippen LogP contribution in [0.3, 0.4) is 0 Å². The molecule has 152 valence electrons. The lowest BCUT2D eigenvalue weighted by atomic mass is 9.68. The minimum Gasteiger partial charge on any atom is -0.296 e. The van der Waals surface area contributed by atoms with Gasteiger partial charge in [-0.3, -0.25) is 14.6 Å². The van der Waals surface area contributed by atoms with Gasteiger partial charge in [-0.2, -0.15) is 0 Å². The van der Waals surface area contributed by atoms with Crippen molar-refractivity contribution < 1.29 is 4.79 Å². The van der Waals surface area contributed by atoms with E-state index in [-0.39, 0.29) is 11.4 Å². The second-order valence-electron chi connectivity index (χ2n) is 9.79. The zero-order chi connectivity index (χ0) is 19.1. The van der Waals surface area contributed by atoms with Crippen LogP contribution < -0.4 is 4.90 Å². The molecule has 2 heterocycles. The highest BCUT2D eigenvalue weighted by atomic mass is 35.5. The Morgan fingerprint density at radius 3 is 2.04 bits per heavy atom. The Balaban J connectivity index is 1.36. The molecule has 28 heavy (non-hydrogen) atoms. The number of para-hydroxylation sites is 1. The van der Waals surface area contributed by atoms with Crippen molar-refractivity contribution in [1.29, 1.82) is 0 Å². The molecule has 2 aliphatic carbocycles. The molecule has 3 nitrogen and oxygen atoms in total. The van der Waals surface area contributed by atoms with E-state index in [4.69, 9.17) is 11.6 Å². The maximum Gasteiger partial charge on any atom is 0.321 e. The average Bonchev–Trinajstić information content (AvgIpc) is 2.67. The van der Waals surface area contributed by atoms with Crippen LogP contribution in [0, 0.1) is 11.8 Å². The molecule has 2 saturated heterocycles. The molecule has 1 amide bonds. The molecule has 4 fully saturated rings. The first kappa shape index (κ1) is 18.9. The summed E-state index contributed by atoms with van der Waals surface area (Å²) in [4.78, 5) is 17.2. The number of hydrogen-bond acceptors (Lipinski definition) is 2. The zero-order valence-corrected chi connectivity index (χ0v) is 17.6. The van der Waals surface area contributed by atoms with Crippen molar-refractivity contribution in [3.63, 3.8) is 0 Å². The van der Waals surface area contributed by atoms with E-state index in [0.29, 0.717) is 12.1 Å². The number of fused-ring (bicyclic) bond motifs is 4. The minimum atomic E-state index is -0.324. The van der Waals surface area contributed by atoms with Crippen molar-refractivity contribution in [2.75, 3.05) is 4.90 Å². The van der Waals surface area contributed by atoms with Gasteiger partial charge in [0.25, 0.3) is 0 Å². The summed E-state index contributed by atoms with van der Waals surface area (Å²) in [6.07, 6.45) is 14.8. The largest absolute Gasteiger partial charge is 0.321 e. The van der Waals surface area contributed by atoms with Gasteiger partial charge in [0, 0.05) is 29.9 Å². The molecule has 2 saturated carbocycles. The van der Waals surface area contributed by atoms with E-state index in [9.17, 15) is 4.79 Å². The number of carbonyl (C=O) groups excluding carboxylic acids is 1. The SMILES string of the molecule is O=C(Cl)N(c1ccccc1)C1C[C@H]2CCC[C@@H](C1)N2C1C[C@H]2CCC[C@@H](C1)C2. The van der Waals surface area contributed by atoms with E-state index in [1.54, 1.807) is 0 Å². The van der Waals surface area contributed by atoms with Crippen LogP contribution in [0.2, 0.25) is 0 Å². The van der Waals surface area contributed by atoms with Gasteiger partial charge in [-0.1, -0.05) is 43.9 Å². The van der Waals surface area contributed by atoms with E-state index in [0.717, 1.165) is 36.4 Å². The molecule has 2 unspecified atom stereocenters. The number of piperidine rings is 2. The van der Waals surface area contributed by atoms with Crippen molar-refractivity contribution in [3.8, 4) is 0 Å². The number of anilines is 1. The minimum absolute atomic E-state index is 0.238. The summed E-state index contributed by atoms with van der Waals surface area (Å²) in [6.45, 7) is 0. The molecule has 5 rings (SSSR count). The summed E-state index contributed by atoms with van der Waals surface area (Å²) in [7, 11) is 0. The summed E-state index contributed by atoms with van der Waals surface area (Å²) in [5.74, 6) is 1.95. The molecule has 4 aliphatic rings. The molecule has 6 atom stereocenters. The molecule has 1 aromatic rings. The fraction of sp³-hybridized carbons (Fsp3) is 0.708. The fourth-order valence-electron chi connectivity index (χ4n) is 7.18. The van der Waals surface area contributed by atoms with Crippen LogP contribution in [0.15, 0.2) is 30.3 Å². The molecule has 1 aromatic carbocycles. The van der Waals surface area contributed by atoms with Gasteiger partial charge in [-0.15, -0.1) is 0 Å². The van der Waals surface area contributed by atoms with Crippen LogP contribution in [-0.4, -0.2) is 34.4 Å². The van der Waals surface area contributed by atoms with Gasteiger partial charge >= 0.3 is 5.37 Å². The Bertz CT molecular complexity index is 669. The van der Waals surface area contributed by atoms with Crippen LogP contribution in [-0.2, 0) is 0 Å². The Morgan fingerprint density at radius 1 is 0.821 bits per heavy atom. The maximum absolute atomic E-state index is 12.4. The summed E-state index contributed by atoms with van der Waals surface area (Å²) < 4.78 is 0. The van der Waals surface area contributed by atoms with Crippen molar-refractivity contribution >= 4 is 22.7 Å². The third-order valence-electron chi connectivity index (χ3n) is 8.12. The van der Waals surface area contributed by atoms with Crippen LogP contribution >= 0.6 is 11.6 Å². The first-order valence-electron chi connectivity index (χ1n) is 11.5. The van der Waals surface area contributed by atoms with Crippen LogP contribution in [0.25, 0.3) is 0 Å². The molecule has 4 bridgehead atoms. The number of amides is 1. The van der Waals surface area contributed by atoms with Gasteiger partial charge < -0.3 is 0 Å². The van der Waals surface area contributed by atoms with E-state index in [2.05, 4.69) is 4.90 Å². The highest BCUT2D eigenvalue weighted by Crippen LogP contribution is 2.46. The summed E-state index contributed by atoms with van der Waals surface area (Å²) in [5.41, 5.74) is 0.950. The average molecular weight is 401 g/mol. The lowest BCUT2D eigenvalue weighted by Gasteiger charge is -2.56. The predicted octanol–water partition coefficient (Wildman–Crippen LogP) is 6.21. The molecular weight excluding hydrogens is 368 g/mol. The smallest absolute Gasteiger partial charge is 0.296 e. The molecule has 0 radical (unpaired) electrons. The van der Waals surface area contributed by atoms with Crippen molar-refractivity contribution in [3.05, 3.63) is 30.3 Å². The number of halogens is 1. The van der Waals surface area contributed by atoms with Crippen molar-refractivity contribution in [2.45, 2.75) is 94.8 Å². The Labute approximate surface area is 174 Å². The quantitative estimate of drug-likeness (QED) is 0.445. The Hall–Kier alpha value is -1.06. The monoisotopic (exact) mass is 400 g/mol. The number of carbonyl (C=O) groups is 1. The molecule has 0 aromatic heterocycles. The molecular formula is C24H33ClN2O. The first-order valence-corrected chi connectivity index (χ1v) is 11.9. The predicted molar refractivity (Wildman–Crippen MR) is 115 cm³/mol. The van der Waals surface area contributed by atoms with E-state index in [1.807, 2.05) is 35.2 Å². The normalized spacial score (nSPS) is 38.0. The van der Waals surface area contributed by atoms with Gasteiger partial charge in [-0.05, 0) is 80.5 Å². The lowest BCUT2D eigenvalue weighted by molar-refractivity contribution is -0.0400. The summed E-state index contributed by atoms with van der Waals surface area (Å²) >= 11 is 6.09. The third kappa shape index (κ3) is 3.61. The van der Waals surface area contributed by atoms with Crippen LogP contribution in [0.4, 0.5) is 10.5 Å². The van der Waals surface area contributed by atoms with Gasteiger partial charge in [-0.25, -0.2) is 0 Å². The van der Waals surface area contributed by atoms with Crippen molar-refractivity contribution in [2.24, 2.45) is 11.8 Å². The fourth-order valence-corrected chi connectivity index (χ4v) is 7.42. The summed E-state index contributed by atoms with van der Waals surface area (Å²) in [5, 5.41) is -0.324. The number of rotatable bonds is 3. The van der Waals surface area contributed by atoms with Gasteiger partial charge in [0.2, 0.25) is 0 Å². The molecule has 0 N–H and O–H groups in total. The van der Waals surface area contributed by atoms with Gasteiger partial charge in [0.15, 0.2) is 0 Å². The van der Waals surface area contributed by atoms with Gasteiger partial charge in [0.05, 0.1) is 0 Å².